The van der Waals surface area contributed by atoms with Gasteiger partial charge in [0.2, 0.25) is 0 Å². The normalized spacial score (nSPS) is 10.2. The monoisotopic (exact) mass is 251 g/mol. The Morgan fingerprint density at radius 3 is 2.76 bits per heavy atom. The van der Waals surface area contributed by atoms with Crippen molar-refractivity contribution in [1.82, 2.24) is 4.98 Å². The summed E-state index contributed by atoms with van der Waals surface area (Å²) in [7, 11) is 1.32. The Hall–Kier alpha value is -1.75. The molecule has 1 aromatic heterocycles. The number of hydrogen-bond donors (Lipinski definition) is 0. The second-order valence-electron chi connectivity index (χ2n) is 3.42. The zero-order valence-electron chi connectivity index (χ0n) is 9.14. The van der Waals surface area contributed by atoms with Crippen LogP contribution in [-0.4, -0.2) is 18.1 Å². The Morgan fingerprint density at radius 2 is 2.12 bits per heavy atom. The first-order valence-corrected chi connectivity index (χ1v) is 5.84. The lowest BCUT2D eigenvalue weighted by Crippen LogP contribution is -2.01. The molecule has 0 aliphatic carbocycles. The van der Waals surface area contributed by atoms with E-state index in [2.05, 4.69) is 9.72 Å². The molecule has 3 nitrogen and oxygen atoms in total. The van der Waals surface area contributed by atoms with Crippen LogP contribution in [0.15, 0.2) is 29.6 Å². The lowest BCUT2D eigenvalue weighted by Gasteiger charge is -1.97. The summed E-state index contributed by atoms with van der Waals surface area (Å²) < 4.78 is 17.3. The number of ether oxygens (including phenoxy) is 1. The quantitative estimate of drug-likeness (QED) is 0.787. The van der Waals surface area contributed by atoms with Gasteiger partial charge in [-0.15, -0.1) is 11.3 Å². The molecule has 0 saturated carbocycles. The first kappa shape index (κ1) is 11.7. The highest BCUT2D eigenvalue weighted by molar-refractivity contribution is 7.09. The Kier molecular flexibility index (Phi) is 3.49. The second kappa shape index (κ2) is 5.05. The third kappa shape index (κ3) is 2.88. The van der Waals surface area contributed by atoms with Crippen molar-refractivity contribution in [2.24, 2.45) is 0 Å². The van der Waals surface area contributed by atoms with Crippen LogP contribution in [0.25, 0.3) is 0 Å². The fourth-order valence-corrected chi connectivity index (χ4v) is 2.16. The minimum Gasteiger partial charge on any atom is -0.464 e. The molecule has 0 N–H and O–H groups in total. The maximum absolute atomic E-state index is 12.7. The molecule has 0 fully saturated rings. The molecule has 1 heterocycles. The molecular formula is C12H10FNO2S. The Labute approximate surface area is 102 Å². The van der Waals surface area contributed by atoms with Gasteiger partial charge in [0.15, 0.2) is 5.69 Å². The number of nitrogens with zero attached hydrogens (tertiary/aromatic N) is 1. The number of thiazole rings is 1. The molecule has 2 rings (SSSR count). The number of aromatic nitrogens is 1. The van der Waals surface area contributed by atoms with Gasteiger partial charge in [0.05, 0.1) is 12.1 Å². The topological polar surface area (TPSA) is 39.2 Å². The lowest BCUT2D eigenvalue weighted by atomic mass is 10.1. The Bertz CT molecular complexity index is 522. The molecular weight excluding hydrogens is 241 g/mol. The zero-order chi connectivity index (χ0) is 12.3. The van der Waals surface area contributed by atoms with E-state index in [1.54, 1.807) is 17.5 Å². The van der Waals surface area contributed by atoms with E-state index in [0.717, 1.165) is 10.6 Å². The smallest absolute Gasteiger partial charge is 0.357 e. The minimum absolute atomic E-state index is 0.261. The van der Waals surface area contributed by atoms with Gasteiger partial charge in [-0.05, 0) is 17.7 Å². The van der Waals surface area contributed by atoms with Gasteiger partial charge in [0.1, 0.15) is 5.82 Å². The summed E-state index contributed by atoms with van der Waals surface area (Å²) in [5.74, 6) is -0.699. The minimum atomic E-state index is -0.438. The van der Waals surface area contributed by atoms with Crippen LogP contribution < -0.4 is 0 Å². The average Bonchev–Trinajstić information content (AvgIpc) is 2.80. The molecule has 0 saturated heterocycles. The van der Waals surface area contributed by atoms with Crippen LogP contribution in [0, 0.1) is 5.82 Å². The number of halogens is 1. The van der Waals surface area contributed by atoms with Gasteiger partial charge >= 0.3 is 5.97 Å². The fourth-order valence-electron chi connectivity index (χ4n) is 1.37. The predicted molar refractivity (Wildman–Crippen MR) is 62.7 cm³/mol. The van der Waals surface area contributed by atoms with Crippen molar-refractivity contribution in [3.05, 3.63) is 51.7 Å². The molecule has 0 atom stereocenters. The summed E-state index contributed by atoms with van der Waals surface area (Å²) in [5.41, 5.74) is 1.27. The van der Waals surface area contributed by atoms with Crippen LogP contribution in [0.1, 0.15) is 21.1 Å². The maximum Gasteiger partial charge on any atom is 0.357 e. The molecule has 0 bridgehead atoms. The van der Waals surface area contributed by atoms with Gasteiger partial charge in [-0.3, -0.25) is 0 Å². The summed E-state index contributed by atoms with van der Waals surface area (Å²) in [6, 6.07) is 6.22. The van der Waals surface area contributed by atoms with Crippen molar-refractivity contribution in [1.29, 1.82) is 0 Å². The molecule has 88 valence electrons. The van der Waals surface area contributed by atoms with Crippen molar-refractivity contribution < 1.29 is 13.9 Å². The standard InChI is InChI=1S/C12H10FNO2S/c1-16-12(15)10-7-17-11(14-10)6-8-2-4-9(13)5-3-8/h2-5,7H,6H2,1H3. The van der Waals surface area contributed by atoms with Crippen LogP contribution in [0.2, 0.25) is 0 Å². The number of carbonyl (C=O) groups is 1. The average molecular weight is 251 g/mol. The summed E-state index contributed by atoms with van der Waals surface area (Å²) in [6.07, 6.45) is 0.585. The highest BCUT2D eigenvalue weighted by Crippen LogP contribution is 2.15. The summed E-state index contributed by atoms with van der Waals surface area (Å²) >= 11 is 1.39. The van der Waals surface area contributed by atoms with Gasteiger partial charge in [0.25, 0.3) is 0 Å². The van der Waals surface area contributed by atoms with E-state index in [9.17, 15) is 9.18 Å². The zero-order valence-corrected chi connectivity index (χ0v) is 9.96. The van der Waals surface area contributed by atoms with Crippen molar-refractivity contribution in [2.75, 3.05) is 7.11 Å². The van der Waals surface area contributed by atoms with E-state index >= 15 is 0 Å². The number of esters is 1. The molecule has 0 aliphatic heterocycles. The van der Waals surface area contributed by atoms with Gasteiger partial charge in [-0.2, -0.15) is 0 Å². The molecule has 0 unspecified atom stereocenters. The van der Waals surface area contributed by atoms with Crippen LogP contribution in [0.4, 0.5) is 4.39 Å². The highest BCUT2D eigenvalue weighted by Gasteiger charge is 2.10. The number of methoxy groups -OCH3 is 1. The van der Waals surface area contributed by atoms with Crippen molar-refractivity contribution >= 4 is 17.3 Å². The van der Waals surface area contributed by atoms with Gasteiger partial charge in [0, 0.05) is 11.8 Å². The predicted octanol–water partition coefficient (Wildman–Crippen LogP) is 2.66. The van der Waals surface area contributed by atoms with Crippen molar-refractivity contribution in [2.45, 2.75) is 6.42 Å². The third-order valence-corrected chi connectivity index (χ3v) is 3.06. The fraction of sp³-hybridized carbons (Fsp3) is 0.167. The van der Waals surface area contributed by atoms with E-state index < -0.39 is 5.97 Å². The van der Waals surface area contributed by atoms with Crippen LogP contribution in [-0.2, 0) is 11.2 Å². The van der Waals surface area contributed by atoms with Crippen molar-refractivity contribution in [3.63, 3.8) is 0 Å². The van der Waals surface area contributed by atoms with E-state index in [0.29, 0.717) is 12.1 Å². The largest absolute Gasteiger partial charge is 0.464 e. The van der Waals surface area contributed by atoms with Gasteiger partial charge < -0.3 is 4.74 Å². The van der Waals surface area contributed by atoms with E-state index in [1.165, 1.54) is 30.6 Å². The summed E-state index contributed by atoms with van der Waals surface area (Å²) in [4.78, 5) is 15.3. The molecule has 1 aromatic carbocycles. The third-order valence-electron chi connectivity index (χ3n) is 2.21. The van der Waals surface area contributed by atoms with Gasteiger partial charge in [-0.1, -0.05) is 12.1 Å². The SMILES string of the molecule is COC(=O)c1csc(Cc2ccc(F)cc2)n1. The Morgan fingerprint density at radius 1 is 1.41 bits per heavy atom. The number of carbonyl (C=O) groups excluding carboxylic acids is 1. The number of hydrogen-bond acceptors (Lipinski definition) is 4. The van der Waals surface area contributed by atoms with Crippen molar-refractivity contribution in [3.8, 4) is 0 Å². The summed E-state index contributed by atoms with van der Waals surface area (Å²) in [6.45, 7) is 0. The molecule has 2 aromatic rings. The molecule has 0 amide bonds. The summed E-state index contributed by atoms with van der Waals surface area (Å²) in [5, 5.41) is 2.46. The van der Waals surface area contributed by atoms with Gasteiger partial charge in [-0.25, -0.2) is 14.2 Å². The maximum atomic E-state index is 12.7. The molecule has 0 radical (unpaired) electrons. The molecule has 17 heavy (non-hydrogen) atoms. The first-order chi connectivity index (χ1) is 8.19. The molecule has 0 aliphatic rings. The van der Waals surface area contributed by atoms with E-state index in [4.69, 9.17) is 0 Å². The Balaban J connectivity index is 2.11. The van der Waals surface area contributed by atoms with Crippen LogP contribution in [0.3, 0.4) is 0 Å². The highest BCUT2D eigenvalue weighted by atomic mass is 32.1. The molecule has 5 heteroatoms. The number of rotatable bonds is 3. The van der Waals surface area contributed by atoms with E-state index in [1.807, 2.05) is 0 Å². The number of benzene rings is 1. The lowest BCUT2D eigenvalue weighted by molar-refractivity contribution is 0.0594. The van der Waals surface area contributed by atoms with Crippen LogP contribution in [0.5, 0.6) is 0 Å². The molecule has 0 spiro atoms. The van der Waals surface area contributed by atoms with Crippen LogP contribution >= 0.6 is 11.3 Å². The first-order valence-electron chi connectivity index (χ1n) is 4.96. The van der Waals surface area contributed by atoms with E-state index in [-0.39, 0.29) is 5.82 Å². The second-order valence-corrected chi connectivity index (χ2v) is 4.36.